The van der Waals surface area contributed by atoms with Gasteiger partial charge in [0, 0.05) is 24.7 Å². The summed E-state index contributed by atoms with van der Waals surface area (Å²) in [5, 5.41) is 14.4. The van der Waals surface area contributed by atoms with E-state index in [9.17, 15) is 9.59 Å². The molecule has 1 unspecified atom stereocenters. The molecule has 7 heteroatoms. The molecule has 2 amide bonds. The van der Waals surface area contributed by atoms with Crippen LogP contribution in [0.2, 0.25) is 0 Å². The zero-order valence-corrected chi connectivity index (χ0v) is 11.4. The number of carbonyl (C=O) groups is 2. The monoisotopic (exact) mass is 288 g/mol. The average Bonchev–Trinajstić information content (AvgIpc) is 2.91. The zero-order chi connectivity index (χ0) is 15.0. The minimum Gasteiger partial charge on any atom is -0.465 e. The number of likely N-dealkylation sites (tertiary alicyclic amines) is 1. The fourth-order valence-corrected chi connectivity index (χ4v) is 2.79. The van der Waals surface area contributed by atoms with Crippen LogP contribution in [0.15, 0.2) is 24.4 Å². The van der Waals surface area contributed by atoms with Crippen molar-refractivity contribution in [2.24, 2.45) is 5.73 Å². The number of nitrogens with zero attached hydrogens (tertiary/aromatic N) is 3. The van der Waals surface area contributed by atoms with Crippen LogP contribution in [0.25, 0.3) is 10.9 Å². The Labute approximate surface area is 120 Å². The summed E-state index contributed by atoms with van der Waals surface area (Å²) in [6.07, 6.45) is 2.60. The molecule has 3 rings (SSSR count). The standard InChI is InChI=1S/C14H16N4O3/c15-13(19)11-5-1-3-9-7-18(16-12(9)11)10-4-2-6-17(8-10)14(20)21/h1,3,5,7,10H,2,4,6,8H2,(H2,15,19)(H,20,21). The van der Waals surface area contributed by atoms with Crippen molar-refractivity contribution in [2.45, 2.75) is 18.9 Å². The minimum atomic E-state index is -0.908. The van der Waals surface area contributed by atoms with Gasteiger partial charge in [-0.1, -0.05) is 12.1 Å². The van der Waals surface area contributed by atoms with Crippen LogP contribution >= 0.6 is 0 Å². The highest BCUT2D eigenvalue weighted by atomic mass is 16.4. The van der Waals surface area contributed by atoms with Crippen molar-refractivity contribution in [3.05, 3.63) is 30.0 Å². The summed E-state index contributed by atoms with van der Waals surface area (Å²) in [5.41, 5.74) is 6.31. The first kappa shape index (κ1) is 13.4. The van der Waals surface area contributed by atoms with E-state index in [4.69, 9.17) is 10.8 Å². The van der Waals surface area contributed by atoms with Crippen LogP contribution in [0.3, 0.4) is 0 Å². The lowest BCUT2D eigenvalue weighted by Gasteiger charge is -2.30. The van der Waals surface area contributed by atoms with Gasteiger partial charge in [-0.05, 0) is 18.9 Å². The predicted octanol–water partition coefficient (Wildman–Crippen LogP) is 1.45. The Morgan fingerprint density at radius 1 is 1.38 bits per heavy atom. The molecule has 1 saturated heterocycles. The number of carbonyl (C=O) groups excluding carboxylic acids is 1. The number of hydrogen-bond acceptors (Lipinski definition) is 3. The molecular weight excluding hydrogens is 272 g/mol. The molecule has 1 aliphatic heterocycles. The topological polar surface area (TPSA) is 101 Å². The van der Waals surface area contributed by atoms with E-state index < -0.39 is 12.0 Å². The van der Waals surface area contributed by atoms with Crippen molar-refractivity contribution < 1.29 is 14.7 Å². The number of fused-ring (bicyclic) bond motifs is 1. The lowest BCUT2D eigenvalue weighted by atomic mass is 10.1. The predicted molar refractivity (Wildman–Crippen MR) is 76.1 cm³/mol. The highest BCUT2D eigenvalue weighted by Gasteiger charge is 2.25. The van der Waals surface area contributed by atoms with Gasteiger partial charge in [-0.25, -0.2) is 4.79 Å². The first-order valence-corrected chi connectivity index (χ1v) is 6.82. The van der Waals surface area contributed by atoms with Gasteiger partial charge in [0.25, 0.3) is 5.91 Å². The van der Waals surface area contributed by atoms with E-state index in [1.165, 1.54) is 4.90 Å². The van der Waals surface area contributed by atoms with E-state index in [1.807, 2.05) is 12.3 Å². The van der Waals surface area contributed by atoms with Crippen LogP contribution in [0.5, 0.6) is 0 Å². The van der Waals surface area contributed by atoms with Crippen molar-refractivity contribution in [1.29, 1.82) is 0 Å². The van der Waals surface area contributed by atoms with E-state index in [2.05, 4.69) is 5.10 Å². The van der Waals surface area contributed by atoms with E-state index in [0.717, 1.165) is 18.2 Å². The van der Waals surface area contributed by atoms with Gasteiger partial charge in [0.2, 0.25) is 0 Å². The lowest BCUT2D eigenvalue weighted by molar-refractivity contribution is 0.100. The van der Waals surface area contributed by atoms with Crippen molar-refractivity contribution in [1.82, 2.24) is 14.7 Å². The maximum atomic E-state index is 11.4. The second-order valence-electron chi connectivity index (χ2n) is 5.24. The van der Waals surface area contributed by atoms with E-state index >= 15 is 0 Å². The summed E-state index contributed by atoms with van der Waals surface area (Å²) in [6.45, 7) is 0.967. The van der Waals surface area contributed by atoms with Crippen LogP contribution in [-0.4, -0.2) is 44.9 Å². The molecule has 0 spiro atoms. The molecule has 0 radical (unpaired) electrons. The highest BCUT2D eigenvalue weighted by Crippen LogP contribution is 2.24. The molecule has 1 fully saturated rings. The molecule has 1 atom stereocenters. The molecule has 2 aromatic rings. The molecule has 1 aliphatic rings. The Balaban J connectivity index is 1.96. The molecule has 1 aromatic heterocycles. The number of amides is 2. The molecule has 0 bridgehead atoms. The Kier molecular flexibility index (Phi) is 3.25. The Hall–Kier alpha value is -2.57. The van der Waals surface area contributed by atoms with Gasteiger partial charge in [0.05, 0.1) is 11.6 Å². The molecule has 7 nitrogen and oxygen atoms in total. The highest BCUT2D eigenvalue weighted by molar-refractivity contribution is 6.04. The number of benzene rings is 1. The number of aromatic nitrogens is 2. The second kappa shape index (κ2) is 5.08. The number of piperidine rings is 1. The van der Waals surface area contributed by atoms with E-state index in [0.29, 0.717) is 24.2 Å². The molecule has 2 heterocycles. The van der Waals surface area contributed by atoms with Crippen molar-refractivity contribution in [3.63, 3.8) is 0 Å². The molecule has 21 heavy (non-hydrogen) atoms. The van der Waals surface area contributed by atoms with Crippen LogP contribution in [0, 0.1) is 0 Å². The first-order chi connectivity index (χ1) is 10.1. The minimum absolute atomic E-state index is 0.0111. The van der Waals surface area contributed by atoms with E-state index in [-0.39, 0.29) is 6.04 Å². The number of hydrogen-bond donors (Lipinski definition) is 2. The zero-order valence-electron chi connectivity index (χ0n) is 11.4. The second-order valence-corrected chi connectivity index (χ2v) is 5.24. The smallest absolute Gasteiger partial charge is 0.407 e. The Morgan fingerprint density at radius 2 is 2.19 bits per heavy atom. The number of nitrogens with two attached hydrogens (primary N) is 1. The maximum absolute atomic E-state index is 11.4. The number of carboxylic acid groups (broad SMARTS) is 1. The third-order valence-corrected chi connectivity index (χ3v) is 3.86. The summed E-state index contributed by atoms with van der Waals surface area (Å²) in [4.78, 5) is 23.9. The van der Waals surface area contributed by atoms with Gasteiger partial charge in [0.15, 0.2) is 0 Å². The summed E-state index contributed by atoms with van der Waals surface area (Å²) in [5.74, 6) is -0.512. The summed E-state index contributed by atoms with van der Waals surface area (Å²) in [6, 6.07) is 5.26. The third kappa shape index (κ3) is 2.42. The van der Waals surface area contributed by atoms with Gasteiger partial charge < -0.3 is 15.7 Å². The Bertz CT molecular complexity index is 709. The lowest BCUT2D eigenvalue weighted by Crippen LogP contribution is -2.39. The van der Waals surface area contributed by atoms with Gasteiger partial charge in [0.1, 0.15) is 5.52 Å². The molecule has 1 aromatic carbocycles. The van der Waals surface area contributed by atoms with Gasteiger partial charge in [-0.15, -0.1) is 0 Å². The average molecular weight is 288 g/mol. The summed E-state index contributed by atoms with van der Waals surface area (Å²) >= 11 is 0. The molecule has 0 aliphatic carbocycles. The first-order valence-electron chi connectivity index (χ1n) is 6.82. The molecular formula is C14H16N4O3. The quantitative estimate of drug-likeness (QED) is 0.873. The third-order valence-electron chi connectivity index (χ3n) is 3.86. The van der Waals surface area contributed by atoms with Crippen molar-refractivity contribution in [3.8, 4) is 0 Å². The number of rotatable bonds is 2. The number of primary amides is 1. The summed E-state index contributed by atoms with van der Waals surface area (Å²) < 4.78 is 1.76. The van der Waals surface area contributed by atoms with Gasteiger partial charge >= 0.3 is 6.09 Å². The van der Waals surface area contributed by atoms with Crippen LogP contribution in [0.1, 0.15) is 29.2 Å². The van der Waals surface area contributed by atoms with Crippen LogP contribution in [0.4, 0.5) is 4.79 Å². The normalized spacial score (nSPS) is 18.9. The maximum Gasteiger partial charge on any atom is 0.407 e. The van der Waals surface area contributed by atoms with Gasteiger partial charge in [-0.3, -0.25) is 9.48 Å². The van der Waals surface area contributed by atoms with Crippen LogP contribution < -0.4 is 5.73 Å². The SMILES string of the molecule is NC(=O)c1cccc2cn(C3CCCN(C(=O)O)C3)nc12. The largest absolute Gasteiger partial charge is 0.465 e. The van der Waals surface area contributed by atoms with Crippen molar-refractivity contribution >= 4 is 22.9 Å². The summed E-state index contributed by atoms with van der Waals surface area (Å²) in [7, 11) is 0. The van der Waals surface area contributed by atoms with E-state index in [1.54, 1.807) is 16.8 Å². The fraction of sp³-hybridized carbons (Fsp3) is 0.357. The molecule has 110 valence electrons. The van der Waals surface area contributed by atoms with Crippen molar-refractivity contribution in [2.75, 3.05) is 13.1 Å². The fourth-order valence-electron chi connectivity index (χ4n) is 2.79. The molecule has 0 saturated carbocycles. The Morgan fingerprint density at radius 3 is 2.90 bits per heavy atom. The molecule has 3 N–H and O–H groups in total. The van der Waals surface area contributed by atoms with Gasteiger partial charge in [-0.2, -0.15) is 5.10 Å². The van der Waals surface area contributed by atoms with Crippen LogP contribution in [-0.2, 0) is 0 Å².